The number of rotatable bonds is 1. The lowest BCUT2D eigenvalue weighted by Crippen LogP contribution is -2.16. The third kappa shape index (κ3) is 1.83. The van der Waals surface area contributed by atoms with Crippen LogP contribution in [0.15, 0.2) is 30.3 Å². The molecular formula is C6H7IN2. The maximum Gasteiger partial charge on any atom is 0.0765 e. The van der Waals surface area contributed by atoms with Crippen LogP contribution in [-0.4, -0.2) is 0 Å². The molecule has 3 heteroatoms. The molecule has 0 bridgehead atoms. The summed E-state index contributed by atoms with van der Waals surface area (Å²) in [4.78, 5) is 0. The Hall–Kier alpha value is -0.290. The molecule has 2 N–H and O–H groups in total. The lowest BCUT2D eigenvalue weighted by atomic mass is 10.3. The summed E-state index contributed by atoms with van der Waals surface area (Å²) in [6.45, 7) is 0. The molecule has 0 radical (unpaired) electrons. The molecule has 1 aromatic rings. The van der Waals surface area contributed by atoms with E-state index < -0.39 is 0 Å². The Labute approximate surface area is 68.1 Å². The van der Waals surface area contributed by atoms with Crippen LogP contribution in [0.2, 0.25) is 0 Å². The van der Waals surface area contributed by atoms with Crippen LogP contribution in [0, 0.1) is 0 Å². The highest BCUT2D eigenvalue weighted by molar-refractivity contribution is 14.1. The number of halogens is 1. The molecule has 0 atom stereocenters. The second-order valence-electron chi connectivity index (χ2n) is 1.65. The normalized spacial score (nSPS) is 9.11. The van der Waals surface area contributed by atoms with Crippen molar-refractivity contribution >= 4 is 28.6 Å². The topological polar surface area (TPSA) is 29.3 Å². The summed E-state index contributed by atoms with van der Waals surface area (Å²) in [6.07, 6.45) is 0. The van der Waals surface area contributed by atoms with Gasteiger partial charge in [0.25, 0.3) is 0 Å². The fraction of sp³-hybridized carbons (Fsp3) is 0. The number of hydrazine groups is 1. The number of anilines is 1. The first-order chi connectivity index (χ1) is 4.30. The zero-order valence-electron chi connectivity index (χ0n) is 4.79. The third-order valence-corrected chi connectivity index (χ3v) is 1.56. The van der Waals surface area contributed by atoms with E-state index >= 15 is 0 Å². The van der Waals surface area contributed by atoms with Crippen molar-refractivity contribution < 1.29 is 0 Å². The first-order valence-electron chi connectivity index (χ1n) is 2.56. The van der Waals surface area contributed by atoms with Gasteiger partial charge in [0.1, 0.15) is 0 Å². The summed E-state index contributed by atoms with van der Waals surface area (Å²) in [7, 11) is 0. The predicted molar refractivity (Wildman–Crippen MR) is 47.1 cm³/mol. The van der Waals surface area contributed by atoms with Crippen molar-refractivity contribution in [3.8, 4) is 0 Å². The first kappa shape index (κ1) is 6.82. The van der Waals surface area contributed by atoms with Gasteiger partial charge in [-0.05, 0) is 12.1 Å². The highest BCUT2D eigenvalue weighted by atomic mass is 127. The van der Waals surface area contributed by atoms with Gasteiger partial charge < -0.3 is 0 Å². The Morgan fingerprint density at radius 1 is 1.22 bits per heavy atom. The van der Waals surface area contributed by atoms with Gasteiger partial charge in [-0.1, -0.05) is 18.2 Å². The maximum absolute atomic E-state index is 5.43. The van der Waals surface area contributed by atoms with Crippen LogP contribution in [0.3, 0.4) is 0 Å². The molecule has 48 valence electrons. The Morgan fingerprint density at radius 2 is 1.78 bits per heavy atom. The van der Waals surface area contributed by atoms with Crippen LogP contribution in [0.25, 0.3) is 0 Å². The second-order valence-corrected chi connectivity index (χ2v) is 2.69. The minimum atomic E-state index is 1.01. The zero-order chi connectivity index (χ0) is 6.69. The van der Waals surface area contributed by atoms with Gasteiger partial charge in [-0.25, -0.2) is 5.84 Å². The summed E-state index contributed by atoms with van der Waals surface area (Å²) < 4.78 is 1.55. The summed E-state index contributed by atoms with van der Waals surface area (Å²) in [5, 5.41) is 0. The largest absolute Gasteiger partial charge is 0.251 e. The molecular weight excluding hydrogens is 227 g/mol. The molecule has 1 aromatic carbocycles. The lowest BCUT2D eigenvalue weighted by molar-refractivity contribution is 1.25. The lowest BCUT2D eigenvalue weighted by Gasteiger charge is -2.06. The van der Waals surface area contributed by atoms with Crippen LogP contribution < -0.4 is 9.06 Å². The smallest absolute Gasteiger partial charge is 0.0765 e. The molecule has 0 aliphatic rings. The quantitative estimate of drug-likeness (QED) is 0.347. The highest BCUT2D eigenvalue weighted by Gasteiger charge is 1.90. The standard InChI is InChI=1S/C6H7IN2/c7-9(8)6-4-2-1-3-5-6/h1-5H,8H2. The number of nitrogens with zero attached hydrogens (tertiary/aromatic N) is 1. The Balaban J connectivity index is 2.85. The fourth-order valence-corrected chi connectivity index (χ4v) is 0.892. The van der Waals surface area contributed by atoms with Gasteiger partial charge in [0.2, 0.25) is 0 Å². The van der Waals surface area contributed by atoms with Gasteiger partial charge in [-0.15, -0.1) is 0 Å². The Kier molecular flexibility index (Phi) is 2.29. The SMILES string of the molecule is NN(I)c1ccccc1. The van der Waals surface area contributed by atoms with E-state index in [4.69, 9.17) is 5.84 Å². The van der Waals surface area contributed by atoms with Crippen molar-refractivity contribution in [2.24, 2.45) is 5.84 Å². The number of para-hydroxylation sites is 1. The molecule has 9 heavy (non-hydrogen) atoms. The molecule has 0 heterocycles. The van der Waals surface area contributed by atoms with Gasteiger partial charge in [0, 0.05) is 0 Å². The van der Waals surface area contributed by atoms with E-state index in [1.165, 1.54) is 0 Å². The number of hydrogen-bond acceptors (Lipinski definition) is 2. The summed E-state index contributed by atoms with van der Waals surface area (Å²) >= 11 is 2.02. The van der Waals surface area contributed by atoms with Crippen LogP contribution in [-0.2, 0) is 0 Å². The van der Waals surface area contributed by atoms with Crippen molar-refractivity contribution in [2.75, 3.05) is 3.22 Å². The highest BCUT2D eigenvalue weighted by Crippen LogP contribution is 2.11. The monoisotopic (exact) mass is 234 g/mol. The van der Waals surface area contributed by atoms with Gasteiger partial charge in [-0.2, -0.15) is 0 Å². The fourth-order valence-electron chi connectivity index (χ4n) is 0.570. The van der Waals surface area contributed by atoms with Gasteiger partial charge in [0.05, 0.1) is 28.6 Å². The predicted octanol–water partition coefficient (Wildman–Crippen LogP) is 1.72. The summed E-state index contributed by atoms with van der Waals surface area (Å²) in [5.41, 5.74) is 1.01. The van der Waals surface area contributed by atoms with Crippen molar-refractivity contribution in [1.82, 2.24) is 0 Å². The number of benzene rings is 1. The molecule has 0 unspecified atom stereocenters. The van der Waals surface area contributed by atoms with Crippen molar-refractivity contribution in [3.05, 3.63) is 30.3 Å². The van der Waals surface area contributed by atoms with Crippen LogP contribution in [0.1, 0.15) is 0 Å². The van der Waals surface area contributed by atoms with Crippen molar-refractivity contribution in [3.63, 3.8) is 0 Å². The minimum Gasteiger partial charge on any atom is -0.251 e. The molecule has 2 nitrogen and oxygen atoms in total. The summed E-state index contributed by atoms with van der Waals surface area (Å²) in [6, 6.07) is 9.77. The molecule has 0 fully saturated rings. The Bertz CT molecular complexity index is 174. The van der Waals surface area contributed by atoms with E-state index in [1.54, 1.807) is 3.22 Å². The molecule has 0 spiro atoms. The van der Waals surface area contributed by atoms with Gasteiger partial charge in [0.15, 0.2) is 0 Å². The van der Waals surface area contributed by atoms with E-state index in [0.29, 0.717) is 0 Å². The van der Waals surface area contributed by atoms with E-state index in [1.807, 2.05) is 53.2 Å². The van der Waals surface area contributed by atoms with E-state index in [2.05, 4.69) is 0 Å². The molecule has 0 saturated carbocycles. The number of nitrogens with two attached hydrogens (primary N) is 1. The van der Waals surface area contributed by atoms with Crippen LogP contribution in [0.5, 0.6) is 0 Å². The van der Waals surface area contributed by atoms with Crippen molar-refractivity contribution in [1.29, 1.82) is 0 Å². The van der Waals surface area contributed by atoms with Gasteiger partial charge in [-0.3, -0.25) is 3.22 Å². The molecule has 0 aliphatic heterocycles. The molecule has 0 saturated heterocycles. The van der Waals surface area contributed by atoms with E-state index in [-0.39, 0.29) is 0 Å². The minimum absolute atomic E-state index is 1.01. The second kappa shape index (κ2) is 3.03. The zero-order valence-corrected chi connectivity index (χ0v) is 6.95. The maximum atomic E-state index is 5.43. The molecule has 0 amide bonds. The van der Waals surface area contributed by atoms with Gasteiger partial charge >= 0.3 is 0 Å². The number of hydrogen-bond donors (Lipinski definition) is 1. The molecule has 0 aromatic heterocycles. The van der Waals surface area contributed by atoms with Crippen LogP contribution >= 0.6 is 22.9 Å². The third-order valence-electron chi connectivity index (χ3n) is 1.00. The summed E-state index contributed by atoms with van der Waals surface area (Å²) in [5.74, 6) is 5.43. The Morgan fingerprint density at radius 3 is 2.11 bits per heavy atom. The first-order valence-corrected chi connectivity index (χ1v) is 3.53. The average molecular weight is 234 g/mol. The average Bonchev–Trinajstić information content (AvgIpc) is 1.90. The van der Waals surface area contributed by atoms with Crippen LogP contribution in [0.4, 0.5) is 5.69 Å². The molecule has 0 aliphatic carbocycles. The van der Waals surface area contributed by atoms with E-state index in [0.717, 1.165) is 5.69 Å². The van der Waals surface area contributed by atoms with Crippen molar-refractivity contribution in [2.45, 2.75) is 0 Å². The molecule has 1 rings (SSSR count). The van der Waals surface area contributed by atoms with E-state index in [9.17, 15) is 0 Å².